The van der Waals surface area contributed by atoms with Gasteiger partial charge >= 0.3 is 12.1 Å². The van der Waals surface area contributed by atoms with E-state index in [2.05, 4.69) is 32.8 Å². The third kappa shape index (κ3) is 10.5. The predicted octanol–water partition coefficient (Wildman–Crippen LogP) is 6.45. The number of pyridine rings is 1. The molecule has 3 unspecified atom stereocenters. The molecule has 8 atom stereocenters. The summed E-state index contributed by atoms with van der Waals surface area (Å²) in [6, 6.07) is 3.56. The topological polar surface area (TPSA) is 177 Å². The Hall–Kier alpha value is -4.45. The number of likely N-dealkylation sites (tertiary alicyclic amines) is 1. The Morgan fingerprint density at radius 3 is 2.33 bits per heavy atom. The number of carbonyl (C=O) groups is 4. The SMILES string of the molecule is COC(=O)C1(NC(=O)[C@@H]2CC(Oc3cc(-c4csc(NC(C)C)n4)nc4c(Cl)c(OCCN5CCN(C)CC5)ccc34)CN2C(=O)[C@@H](NC(=O)OC2C[C@@H]3C[C@@H]3C2)C(C)(C)C)C[C@H]1C(C)C. The number of thiazole rings is 1. The molecule has 2 aromatic heterocycles. The van der Waals surface area contributed by atoms with Crippen molar-refractivity contribution in [3.8, 4) is 22.9 Å². The summed E-state index contributed by atoms with van der Waals surface area (Å²) in [5.74, 6) is 0.607. The Morgan fingerprint density at radius 2 is 1.68 bits per heavy atom. The van der Waals surface area contributed by atoms with Crippen LogP contribution in [0.2, 0.25) is 5.02 Å². The van der Waals surface area contributed by atoms with Gasteiger partial charge in [0.2, 0.25) is 11.8 Å². The highest BCUT2D eigenvalue weighted by Gasteiger charge is 2.64. The van der Waals surface area contributed by atoms with Crippen LogP contribution in [0.5, 0.6) is 11.5 Å². The van der Waals surface area contributed by atoms with E-state index in [1.54, 1.807) is 0 Å². The predicted molar refractivity (Wildman–Crippen MR) is 254 cm³/mol. The van der Waals surface area contributed by atoms with Gasteiger partial charge in [-0.2, -0.15) is 0 Å². The fourth-order valence-electron chi connectivity index (χ4n) is 10.0. The maximum absolute atomic E-state index is 15.0. The molecule has 66 heavy (non-hydrogen) atoms. The summed E-state index contributed by atoms with van der Waals surface area (Å²) in [4.78, 5) is 72.4. The minimum Gasteiger partial charge on any atom is -0.491 e. The van der Waals surface area contributed by atoms with Gasteiger partial charge in [-0.1, -0.05) is 46.2 Å². The highest BCUT2D eigenvalue weighted by molar-refractivity contribution is 7.14. The second kappa shape index (κ2) is 19.3. The molecular weight excluding hydrogens is 884 g/mol. The first-order chi connectivity index (χ1) is 31.3. The van der Waals surface area contributed by atoms with E-state index < -0.39 is 53.0 Å². The van der Waals surface area contributed by atoms with Crippen molar-refractivity contribution in [2.45, 2.75) is 116 Å². The van der Waals surface area contributed by atoms with Crippen molar-refractivity contribution in [3.63, 3.8) is 0 Å². The van der Waals surface area contributed by atoms with Crippen molar-refractivity contribution in [1.82, 2.24) is 35.3 Å². The van der Waals surface area contributed by atoms with Gasteiger partial charge in [0.05, 0.1) is 24.9 Å². The van der Waals surface area contributed by atoms with Crippen LogP contribution in [0.4, 0.5) is 9.93 Å². The number of hydrogen-bond acceptors (Lipinski definition) is 14. The number of methoxy groups -OCH3 is 1. The van der Waals surface area contributed by atoms with Gasteiger partial charge in [-0.05, 0) is 87.8 Å². The highest BCUT2D eigenvalue weighted by atomic mass is 35.5. The number of benzene rings is 1. The number of anilines is 1. The second-order valence-corrected chi connectivity index (χ2v) is 22.0. The molecule has 18 heteroatoms. The second-order valence-electron chi connectivity index (χ2n) is 20.8. The first kappa shape index (κ1) is 48.0. The lowest BCUT2D eigenvalue weighted by molar-refractivity contribution is -0.148. The Balaban J connectivity index is 1.09. The average molecular weight is 952 g/mol. The van der Waals surface area contributed by atoms with E-state index in [1.165, 1.54) is 29.8 Å². The smallest absolute Gasteiger partial charge is 0.408 e. The molecule has 5 aliphatic rings. The Bertz CT molecular complexity index is 2290. The lowest BCUT2D eigenvalue weighted by atomic mass is 9.85. The summed E-state index contributed by atoms with van der Waals surface area (Å²) in [5.41, 5.74) is -0.392. The molecule has 2 aliphatic heterocycles. The molecule has 1 aromatic carbocycles. The largest absolute Gasteiger partial charge is 0.491 e. The lowest BCUT2D eigenvalue weighted by Crippen LogP contribution is -2.59. The van der Waals surface area contributed by atoms with Crippen LogP contribution in [0.15, 0.2) is 23.6 Å². The van der Waals surface area contributed by atoms with Crippen molar-refractivity contribution >= 4 is 62.8 Å². The fraction of sp³-hybridized carbons (Fsp3) is 0.667. The standard InChI is InChI=1S/C48H67ClN8O8S/c1-26(2)33-23-48(33,44(60)62-9)54-42(58)36-21-31(24-57(36)43(59)41(47(5,6)7)53-46(61)65-30-19-28-18-29(28)20-30)64-38-22-34(35-25-66-45(52-35)50-27(3)4)51-40-32(38)10-11-37(39(40)49)63-17-16-56-14-12-55(8)13-15-56/h10-11,22,25-31,33,36,41H,12-21,23-24H2,1-9H3,(H,50,52)(H,53,61)(H,54,58)/t28-,29+,30?,31?,33-,36-,41+,48?/m0/s1. The van der Waals surface area contributed by atoms with E-state index in [9.17, 15) is 19.2 Å². The monoisotopic (exact) mass is 950 g/mol. The maximum atomic E-state index is 15.0. The summed E-state index contributed by atoms with van der Waals surface area (Å²) in [6.45, 7) is 18.8. The minimum absolute atomic E-state index is 0.00453. The van der Waals surface area contributed by atoms with Crippen molar-refractivity contribution < 1.29 is 38.1 Å². The third-order valence-corrected chi connectivity index (χ3v) is 15.1. The Labute approximate surface area is 397 Å². The van der Waals surface area contributed by atoms with Gasteiger partial charge < -0.3 is 44.7 Å². The van der Waals surface area contributed by atoms with Crippen molar-refractivity contribution in [3.05, 3.63) is 28.6 Å². The number of ether oxygens (including phenoxy) is 4. The number of rotatable bonds is 16. The fourth-order valence-corrected chi connectivity index (χ4v) is 11.2. The molecule has 5 fully saturated rings. The minimum atomic E-state index is -1.21. The molecule has 3 saturated carbocycles. The lowest BCUT2D eigenvalue weighted by Gasteiger charge is -2.35. The summed E-state index contributed by atoms with van der Waals surface area (Å²) in [6.07, 6.45) is 1.81. The number of piperazine rings is 1. The van der Waals surface area contributed by atoms with Crippen LogP contribution in [0.3, 0.4) is 0 Å². The molecule has 3 amide bonds. The molecule has 0 spiro atoms. The highest BCUT2D eigenvalue weighted by Crippen LogP contribution is 2.53. The molecule has 3 aliphatic carbocycles. The normalized spacial score (nSPS) is 26.8. The zero-order valence-electron chi connectivity index (χ0n) is 39.8. The van der Waals surface area contributed by atoms with Gasteiger partial charge in [0.15, 0.2) is 5.13 Å². The van der Waals surface area contributed by atoms with Crippen LogP contribution in [0.25, 0.3) is 22.3 Å². The number of carbonyl (C=O) groups excluding carboxylic acids is 4. The molecule has 3 N–H and O–H groups in total. The summed E-state index contributed by atoms with van der Waals surface area (Å²) < 4.78 is 24.2. The molecular formula is C48H67ClN8O8S. The molecule has 3 aromatic rings. The van der Waals surface area contributed by atoms with Crippen LogP contribution in [0.1, 0.15) is 80.6 Å². The maximum Gasteiger partial charge on any atom is 0.408 e. The summed E-state index contributed by atoms with van der Waals surface area (Å²) in [7, 11) is 3.44. The zero-order chi connectivity index (χ0) is 47.2. The summed E-state index contributed by atoms with van der Waals surface area (Å²) in [5, 5.41) is 12.9. The number of nitrogens with zero attached hydrogens (tertiary/aromatic N) is 5. The van der Waals surface area contributed by atoms with E-state index >= 15 is 0 Å². The number of hydrogen-bond donors (Lipinski definition) is 3. The summed E-state index contributed by atoms with van der Waals surface area (Å²) >= 11 is 8.63. The van der Waals surface area contributed by atoms with E-state index in [0.29, 0.717) is 63.7 Å². The molecule has 360 valence electrons. The van der Waals surface area contributed by atoms with Gasteiger partial charge in [-0.15, -0.1) is 11.3 Å². The van der Waals surface area contributed by atoms with Crippen molar-refractivity contribution in [2.75, 3.05) is 65.3 Å². The quantitative estimate of drug-likeness (QED) is 0.134. The van der Waals surface area contributed by atoms with Crippen LogP contribution in [-0.4, -0.2) is 144 Å². The van der Waals surface area contributed by atoms with E-state index in [4.69, 9.17) is 40.5 Å². The number of aromatic nitrogens is 2. The molecule has 0 bridgehead atoms. The number of esters is 1. The Kier molecular flexibility index (Phi) is 14.0. The molecule has 0 radical (unpaired) electrons. The van der Waals surface area contributed by atoms with Gasteiger partial charge in [0, 0.05) is 62.0 Å². The van der Waals surface area contributed by atoms with Gasteiger partial charge in [0.1, 0.15) is 58.7 Å². The van der Waals surface area contributed by atoms with Gasteiger partial charge in [0.25, 0.3) is 0 Å². The first-order valence-electron chi connectivity index (χ1n) is 23.6. The number of alkyl carbamates (subject to hydrolysis) is 1. The van der Waals surface area contributed by atoms with E-state index in [-0.39, 0.29) is 36.9 Å². The van der Waals surface area contributed by atoms with Gasteiger partial charge in [-0.25, -0.2) is 19.6 Å². The Morgan fingerprint density at radius 1 is 0.955 bits per heavy atom. The third-order valence-electron chi connectivity index (χ3n) is 14.0. The van der Waals surface area contributed by atoms with Crippen molar-refractivity contribution in [1.29, 1.82) is 0 Å². The first-order valence-corrected chi connectivity index (χ1v) is 24.8. The van der Waals surface area contributed by atoms with Gasteiger partial charge in [-0.3, -0.25) is 14.5 Å². The van der Waals surface area contributed by atoms with Crippen LogP contribution < -0.4 is 25.4 Å². The molecule has 16 nitrogen and oxygen atoms in total. The van der Waals surface area contributed by atoms with Crippen LogP contribution >= 0.6 is 22.9 Å². The van der Waals surface area contributed by atoms with Crippen LogP contribution in [-0.2, 0) is 23.9 Å². The molecule has 2 saturated heterocycles. The number of likely N-dealkylation sites (N-methyl/N-ethyl adjacent to an activating group) is 1. The zero-order valence-corrected chi connectivity index (χ0v) is 41.4. The molecule has 4 heterocycles. The van der Waals surface area contributed by atoms with E-state index in [0.717, 1.165) is 50.7 Å². The van der Waals surface area contributed by atoms with Crippen molar-refractivity contribution in [2.24, 2.45) is 29.1 Å². The van der Waals surface area contributed by atoms with E-state index in [1.807, 2.05) is 72.0 Å². The average Bonchev–Trinajstić information content (AvgIpc) is 3.95. The number of halogens is 1. The number of amides is 3. The molecule has 8 rings (SSSR count). The number of nitrogens with one attached hydrogen (secondary N) is 3. The van der Waals surface area contributed by atoms with Crippen LogP contribution in [0, 0.1) is 29.1 Å². The number of fused-ring (bicyclic) bond motifs is 2.